The summed E-state index contributed by atoms with van der Waals surface area (Å²) in [5.41, 5.74) is 0.982. The van der Waals surface area contributed by atoms with Crippen LogP contribution in [0, 0.1) is 0 Å². The van der Waals surface area contributed by atoms with Crippen LogP contribution in [0.5, 0.6) is 11.5 Å². The van der Waals surface area contributed by atoms with Crippen LogP contribution in [-0.2, 0) is 0 Å². The van der Waals surface area contributed by atoms with Gasteiger partial charge in [-0.2, -0.15) is 0 Å². The molecule has 0 spiro atoms. The number of methoxy groups -OCH3 is 1. The average Bonchev–Trinajstić information content (AvgIpc) is 2.50. The highest BCUT2D eigenvalue weighted by Crippen LogP contribution is 2.36. The van der Waals surface area contributed by atoms with Crippen LogP contribution in [0.25, 0.3) is 0 Å². The maximum atomic E-state index is 12.2. The zero-order chi connectivity index (χ0) is 15.2. The van der Waals surface area contributed by atoms with E-state index in [4.69, 9.17) is 21.1 Å². The molecule has 0 radical (unpaired) electrons. The number of carbonyl (C=O) groups excluding carboxylic acids is 1. The quantitative estimate of drug-likeness (QED) is 0.919. The number of amides is 1. The van der Waals surface area contributed by atoms with Gasteiger partial charge in [0.15, 0.2) is 11.5 Å². The number of nitrogens with one attached hydrogen (secondary N) is 1. The first-order chi connectivity index (χ1) is 10.2. The van der Waals surface area contributed by atoms with Crippen molar-refractivity contribution in [3.05, 3.63) is 47.2 Å². The molecule has 0 unspecified atom stereocenters. The van der Waals surface area contributed by atoms with E-state index < -0.39 is 0 Å². The van der Waals surface area contributed by atoms with Gasteiger partial charge in [-0.1, -0.05) is 11.6 Å². The predicted octanol–water partition coefficient (Wildman–Crippen LogP) is 3.39. The third-order valence-corrected chi connectivity index (χ3v) is 2.98. The molecule has 21 heavy (non-hydrogen) atoms. The standard InChI is InChI=1S/C15H15ClN2O3/c1-3-21-14-12(16)7-10(8-13(14)20-2)15(19)18-11-5-4-6-17-9-11/h4-9H,3H2,1-2H3,(H,18,19). The van der Waals surface area contributed by atoms with Crippen LogP contribution >= 0.6 is 11.6 Å². The molecule has 1 aromatic heterocycles. The molecule has 2 aromatic rings. The molecule has 2 rings (SSSR count). The van der Waals surface area contributed by atoms with Crippen LogP contribution < -0.4 is 14.8 Å². The average molecular weight is 307 g/mol. The Hall–Kier alpha value is -2.27. The summed E-state index contributed by atoms with van der Waals surface area (Å²) in [7, 11) is 1.50. The Morgan fingerprint density at radius 1 is 1.43 bits per heavy atom. The molecule has 0 aliphatic carbocycles. The molecule has 1 amide bonds. The highest BCUT2D eigenvalue weighted by Gasteiger charge is 2.15. The Balaban J connectivity index is 2.27. The topological polar surface area (TPSA) is 60.5 Å². The molecule has 0 saturated carbocycles. The van der Waals surface area contributed by atoms with Gasteiger partial charge in [-0.05, 0) is 31.2 Å². The fourth-order valence-corrected chi connectivity index (χ4v) is 2.04. The van der Waals surface area contributed by atoms with Gasteiger partial charge >= 0.3 is 0 Å². The summed E-state index contributed by atoms with van der Waals surface area (Å²) >= 11 is 6.14. The van der Waals surface area contributed by atoms with Gasteiger partial charge in [0.25, 0.3) is 5.91 Å². The maximum absolute atomic E-state index is 12.2. The summed E-state index contributed by atoms with van der Waals surface area (Å²) in [5, 5.41) is 3.06. The zero-order valence-electron chi connectivity index (χ0n) is 11.7. The number of aromatic nitrogens is 1. The molecule has 1 aromatic carbocycles. The van der Waals surface area contributed by atoms with E-state index in [2.05, 4.69) is 10.3 Å². The molecular formula is C15H15ClN2O3. The summed E-state index contributed by atoms with van der Waals surface area (Å²) in [6.45, 7) is 2.30. The second-order valence-corrected chi connectivity index (χ2v) is 4.53. The number of hydrogen-bond donors (Lipinski definition) is 1. The molecule has 6 heteroatoms. The molecular weight excluding hydrogens is 292 g/mol. The number of anilines is 1. The van der Waals surface area contributed by atoms with Crippen LogP contribution in [-0.4, -0.2) is 24.6 Å². The smallest absolute Gasteiger partial charge is 0.255 e. The highest BCUT2D eigenvalue weighted by molar-refractivity contribution is 6.32. The van der Waals surface area contributed by atoms with Crippen LogP contribution in [0.3, 0.4) is 0 Å². The Morgan fingerprint density at radius 3 is 2.86 bits per heavy atom. The minimum absolute atomic E-state index is 0.300. The molecule has 1 heterocycles. The molecule has 0 bridgehead atoms. The Morgan fingerprint density at radius 2 is 2.24 bits per heavy atom. The molecule has 5 nitrogen and oxygen atoms in total. The van der Waals surface area contributed by atoms with Gasteiger partial charge in [0.1, 0.15) is 0 Å². The van der Waals surface area contributed by atoms with Crippen LogP contribution in [0.15, 0.2) is 36.7 Å². The van der Waals surface area contributed by atoms with Crippen LogP contribution in [0.2, 0.25) is 5.02 Å². The minimum atomic E-state index is -0.300. The van der Waals surface area contributed by atoms with E-state index in [-0.39, 0.29) is 5.91 Å². The van der Waals surface area contributed by atoms with E-state index in [1.807, 2.05) is 6.92 Å². The molecule has 0 saturated heterocycles. The lowest BCUT2D eigenvalue weighted by molar-refractivity contribution is 0.102. The minimum Gasteiger partial charge on any atom is -0.493 e. The van der Waals surface area contributed by atoms with Crippen molar-refractivity contribution in [2.24, 2.45) is 0 Å². The fourth-order valence-electron chi connectivity index (χ4n) is 1.78. The lowest BCUT2D eigenvalue weighted by Gasteiger charge is -2.13. The third-order valence-electron chi connectivity index (χ3n) is 2.70. The summed E-state index contributed by atoms with van der Waals surface area (Å²) in [5.74, 6) is 0.548. The largest absolute Gasteiger partial charge is 0.493 e. The van der Waals surface area contributed by atoms with Crippen LogP contribution in [0.1, 0.15) is 17.3 Å². The molecule has 0 aliphatic rings. The second-order valence-electron chi connectivity index (χ2n) is 4.12. The number of rotatable bonds is 5. The Kier molecular flexibility index (Phi) is 5.00. The van der Waals surface area contributed by atoms with E-state index >= 15 is 0 Å². The summed E-state index contributed by atoms with van der Waals surface area (Å²) < 4.78 is 10.6. The van der Waals surface area contributed by atoms with Crippen molar-refractivity contribution in [2.45, 2.75) is 6.92 Å². The van der Waals surface area contributed by atoms with Gasteiger partial charge in [-0.25, -0.2) is 0 Å². The predicted molar refractivity (Wildman–Crippen MR) is 81.4 cm³/mol. The van der Waals surface area contributed by atoms with Crippen molar-refractivity contribution in [1.82, 2.24) is 4.98 Å². The van der Waals surface area contributed by atoms with Crippen molar-refractivity contribution < 1.29 is 14.3 Å². The molecule has 1 N–H and O–H groups in total. The Labute approximate surface area is 127 Å². The van der Waals surface area contributed by atoms with Gasteiger partial charge in [0, 0.05) is 11.8 Å². The van der Waals surface area contributed by atoms with Crippen molar-refractivity contribution >= 4 is 23.2 Å². The van der Waals surface area contributed by atoms with Gasteiger partial charge in [-0.15, -0.1) is 0 Å². The number of hydrogen-bond acceptors (Lipinski definition) is 4. The van der Waals surface area contributed by atoms with Gasteiger partial charge in [-0.3, -0.25) is 9.78 Å². The summed E-state index contributed by atoms with van der Waals surface area (Å²) in [4.78, 5) is 16.1. The lowest BCUT2D eigenvalue weighted by atomic mass is 10.2. The van der Waals surface area contributed by atoms with E-state index in [0.29, 0.717) is 34.4 Å². The van der Waals surface area contributed by atoms with Crippen molar-refractivity contribution in [3.8, 4) is 11.5 Å². The van der Waals surface area contributed by atoms with E-state index in [1.54, 1.807) is 36.7 Å². The maximum Gasteiger partial charge on any atom is 0.255 e. The SMILES string of the molecule is CCOc1c(Cl)cc(C(=O)Nc2cccnc2)cc1OC. The summed E-state index contributed by atoms with van der Waals surface area (Å²) in [6, 6.07) is 6.61. The first-order valence-corrected chi connectivity index (χ1v) is 6.75. The lowest BCUT2D eigenvalue weighted by Crippen LogP contribution is -2.12. The van der Waals surface area contributed by atoms with Crippen LogP contribution in [0.4, 0.5) is 5.69 Å². The van der Waals surface area contributed by atoms with E-state index in [1.165, 1.54) is 7.11 Å². The van der Waals surface area contributed by atoms with Crippen molar-refractivity contribution in [1.29, 1.82) is 0 Å². The number of halogens is 1. The van der Waals surface area contributed by atoms with Gasteiger partial charge in [0.05, 0.1) is 30.6 Å². The summed E-state index contributed by atoms with van der Waals surface area (Å²) in [6.07, 6.45) is 3.19. The normalized spacial score (nSPS) is 10.0. The third kappa shape index (κ3) is 3.64. The number of benzene rings is 1. The van der Waals surface area contributed by atoms with E-state index in [9.17, 15) is 4.79 Å². The fraction of sp³-hybridized carbons (Fsp3) is 0.200. The second kappa shape index (κ2) is 6.95. The monoisotopic (exact) mass is 306 g/mol. The highest BCUT2D eigenvalue weighted by atomic mass is 35.5. The number of ether oxygens (including phenoxy) is 2. The molecule has 0 atom stereocenters. The molecule has 0 aliphatic heterocycles. The van der Waals surface area contributed by atoms with E-state index in [0.717, 1.165) is 0 Å². The zero-order valence-corrected chi connectivity index (χ0v) is 12.5. The van der Waals surface area contributed by atoms with Crippen molar-refractivity contribution in [2.75, 3.05) is 19.0 Å². The molecule has 110 valence electrons. The first kappa shape index (κ1) is 15.1. The number of pyridine rings is 1. The molecule has 0 fully saturated rings. The first-order valence-electron chi connectivity index (χ1n) is 6.37. The Bertz CT molecular complexity index is 632. The van der Waals surface area contributed by atoms with Crippen molar-refractivity contribution in [3.63, 3.8) is 0 Å². The van der Waals surface area contributed by atoms with Gasteiger partial charge < -0.3 is 14.8 Å². The number of carbonyl (C=O) groups is 1. The number of nitrogens with zero attached hydrogens (tertiary/aromatic N) is 1. The van der Waals surface area contributed by atoms with Gasteiger partial charge in [0.2, 0.25) is 0 Å².